The predicted octanol–water partition coefficient (Wildman–Crippen LogP) is 1.54. The van der Waals surface area contributed by atoms with E-state index in [1.807, 2.05) is 6.92 Å². The Hall–Kier alpha value is -0.940. The third-order valence-corrected chi connectivity index (χ3v) is 3.42. The fraction of sp³-hybridized carbons (Fsp3) is 0.846. The molecule has 18 heavy (non-hydrogen) atoms. The Labute approximate surface area is 109 Å². The van der Waals surface area contributed by atoms with E-state index in [1.165, 1.54) is 13.0 Å². The van der Waals surface area contributed by atoms with Crippen molar-refractivity contribution in [1.82, 2.24) is 19.9 Å². The van der Waals surface area contributed by atoms with E-state index < -0.39 is 0 Å². The number of rotatable bonds is 5. The summed E-state index contributed by atoms with van der Waals surface area (Å²) < 4.78 is 5.16. The van der Waals surface area contributed by atoms with Gasteiger partial charge in [0.25, 0.3) is 0 Å². The zero-order valence-corrected chi connectivity index (χ0v) is 11.7. The van der Waals surface area contributed by atoms with Crippen molar-refractivity contribution in [3.63, 3.8) is 0 Å². The number of hydrogen-bond donors (Lipinski definition) is 0. The van der Waals surface area contributed by atoms with Gasteiger partial charge >= 0.3 is 0 Å². The first-order valence-electron chi connectivity index (χ1n) is 6.87. The maximum atomic E-state index is 5.16. The molecular formula is C13H24N4O. The maximum Gasteiger partial charge on any atom is 0.240 e. The lowest BCUT2D eigenvalue weighted by Crippen LogP contribution is -2.46. The highest BCUT2D eigenvalue weighted by molar-refractivity contribution is 4.84. The van der Waals surface area contributed by atoms with E-state index in [-0.39, 0.29) is 0 Å². The van der Waals surface area contributed by atoms with Gasteiger partial charge in [-0.05, 0) is 25.8 Å². The van der Waals surface area contributed by atoms with Crippen LogP contribution < -0.4 is 0 Å². The largest absolute Gasteiger partial charge is 0.338 e. The summed E-state index contributed by atoms with van der Waals surface area (Å²) in [5.41, 5.74) is 0. The number of piperazine rings is 1. The summed E-state index contributed by atoms with van der Waals surface area (Å²) >= 11 is 0. The Morgan fingerprint density at radius 3 is 2.39 bits per heavy atom. The first-order valence-corrected chi connectivity index (χ1v) is 6.87. The summed E-state index contributed by atoms with van der Waals surface area (Å²) in [6, 6.07) is 0. The second-order valence-electron chi connectivity index (χ2n) is 5.54. The zero-order valence-electron chi connectivity index (χ0n) is 11.7. The van der Waals surface area contributed by atoms with E-state index in [0.717, 1.165) is 50.4 Å². The van der Waals surface area contributed by atoms with E-state index in [1.54, 1.807) is 0 Å². The normalized spacial score (nSPS) is 18.7. The van der Waals surface area contributed by atoms with Crippen molar-refractivity contribution in [2.75, 3.05) is 32.7 Å². The third kappa shape index (κ3) is 4.07. The van der Waals surface area contributed by atoms with Crippen LogP contribution in [0.15, 0.2) is 4.52 Å². The third-order valence-electron chi connectivity index (χ3n) is 3.42. The molecule has 2 rings (SSSR count). The van der Waals surface area contributed by atoms with Gasteiger partial charge in [0.1, 0.15) is 0 Å². The van der Waals surface area contributed by atoms with Crippen LogP contribution in [0.1, 0.15) is 32.0 Å². The molecule has 1 aromatic heterocycles. The fourth-order valence-corrected chi connectivity index (χ4v) is 2.21. The van der Waals surface area contributed by atoms with Gasteiger partial charge in [0.2, 0.25) is 5.89 Å². The lowest BCUT2D eigenvalue weighted by Gasteiger charge is -2.34. The van der Waals surface area contributed by atoms with Crippen molar-refractivity contribution in [2.45, 2.75) is 33.7 Å². The molecule has 1 aliphatic rings. The van der Waals surface area contributed by atoms with Crippen molar-refractivity contribution in [3.8, 4) is 0 Å². The first kappa shape index (κ1) is 13.5. The molecule has 102 valence electrons. The van der Waals surface area contributed by atoms with Crippen LogP contribution in [0.5, 0.6) is 0 Å². The molecule has 0 bridgehead atoms. The Bertz CT molecular complexity index is 356. The highest BCUT2D eigenvalue weighted by Gasteiger charge is 2.18. The molecule has 0 atom stereocenters. The quantitative estimate of drug-likeness (QED) is 0.795. The van der Waals surface area contributed by atoms with E-state index >= 15 is 0 Å². The fourth-order valence-electron chi connectivity index (χ4n) is 2.21. The predicted molar refractivity (Wildman–Crippen MR) is 70.2 cm³/mol. The number of hydrogen-bond acceptors (Lipinski definition) is 5. The van der Waals surface area contributed by atoms with Crippen LogP contribution in [0.25, 0.3) is 0 Å². The molecule has 0 aromatic carbocycles. The highest BCUT2D eigenvalue weighted by atomic mass is 16.5. The Morgan fingerprint density at radius 2 is 1.83 bits per heavy atom. The van der Waals surface area contributed by atoms with E-state index in [9.17, 15) is 0 Å². The molecule has 0 amide bonds. The molecule has 1 saturated heterocycles. The minimum atomic E-state index is 0.723. The summed E-state index contributed by atoms with van der Waals surface area (Å²) in [4.78, 5) is 9.19. The van der Waals surface area contributed by atoms with E-state index in [0.29, 0.717) is 0 Å². The molecule has 2 heterocycles. The minimum absolute atomic E-state index is 0.723. The molecule has 5 nitrogen and oxygen atoms in total. The summed E-state index contributed by atoms with van der Waals surface area (Å²) in [7, 11) is 0. The van der Waals surface area contributed by atoms with Crippen LogP contribution in [-0.2, 0) is 6.54 Å². The van der Waals surface area contributed by atoms with Gasteiger partial charge < -0.3 is 9.42 Å². The Kier molecular flexibility index (Phi) is 4.72. The summed E-state index contributed by atoms with van der Waals surface area (Å²) in [6.07, 6.45) is 1.29. The van der Waals surface area contributed by atoms with Crippen LogP contribution in [0, 0.1) is 12.8 Å². The van der Waals surface area contributed by atoms with Gasteiger partial charge in [-0.1, -0.05) is 19.0 Å². The molecule has 1 aliphatic heterocycles. The van der Waals surface area contributed by atoms with Crippen molar-refractivity contribution < 1.29 is 4.52 Å². The molecule has 0 saturated carbocycles. The van der Waals surface area contributed by atoms with Gasteiger partial charge in [0.05, 0.1) is 6.54 Å². The van der Waals surface area contributed by atoms with Crippen LogP contribution in [0.4, 0.5) is 0 Å². The second-order valence-corrected chi connectivity index (χ2v) is 5.54. The van der Waals surface area contributed by atoms with E-state index in [4.69, 9.17) is 4.52 Å². The molecule has 0 aliphatic carbocycles. The summed E-state index contributed by atoms with van der Waals surface area (Å²) in [6.45, 7) is 12.9. The highest BCUT2D eigenvalue weighted by Crippen LogP contribution is 2.09. The number of aryl methyl sites for hydroxylation is 1. The van der Waals surface area contributed by atoms with Gasteiger partial charge in [0.15, 0.2) is 5.82 Å². The molecular weight excluding hydrogens is 228 g/mol. The van der Waals surface area contributed by atoms with Gasteiger partial charge in [-0.15, -0.1) is 0 Å². The lowest BCUT2D eigenvalue weighted by atomic mass is 10.1. The topological polar surface area (TPSA) is 45.4 Å². The van der Waals surface area contributed by atoms with Gasteiger partial charge in [-0.3, -0.25) is 4.90 Å². The van der Waals surface area contributed by atoms with E-state index in [2.05, 4.69) is 33.8 Å². The van der Waals surface area contributed by atoms with Gasteiger partial charge in [-0.2, -0.15) is 4.98 Å². The van der Waals surface area contributed by atoms with Crippen LogP contribution >= 0.6 is 0 Å². The standard InChI is InChI=1S/C13H24N4O/c1-11(2)4-5-16-6-8-17(9-7-16)10-13-14-12(3)15-18-13/h11H,4-10H2,1-3H3. The molecule has 1 aromatic rings. The summed E-state index contributed by atoms with van der Waals surface area (Å²) in [5.74, 6) is 2.26. The van der Waals surface area contributed by atoms with Crippen LogP contribution in [0.3, 0.4) is 0 Å². The summed E-state index contributed by atoms with van der Waals surface area (Å²) in [5, 5.41) is 3.82. The van der Waals surface area contributed by atoms with Crippen LogP contribution in [-0.4, -0.2) is 52.7 Å². The molecule has 0 N–H and O–H groups in total. The first-order chi connectivity index (χ1) is 8.63. The zero-order chi connectivity index (χ0) is 13.0. The van der Waals surface area contributed by atoms with Crippen molar-refractivity contribution >= 4 is 0 Å². The monoisotopic (exact) mass is 252 g/mol. The van der Waals surface area contributed by atoms with Crippen molar-refractivity contribution in [1.29, 1.82) is 0 Å². The van der Waals surface area contributed by atoms with Crippen molar-refractivity contribution in [3.05, 3.63) is 11.7 Å². The number of aromatic nitrogens is 2. The molecule has 1 fully saturated rings. The Balaban J connectivity index is 1.70. The SMILES string of the molecule is Cc1noc(CN2CCN(CCC(C)C)CC2)n1. The molecule has 0 radical (unpaired) electrons. The maximum absolute atomic E-state index is 5.16. The molecule has 0 spiro atoms. The van der Waals surface area contributed by atoms with Gasteiger partial charge in [-0.25, -0.2) is 0 Å². The molecule has 0 unspecified atom stereocenters. The smallest absolute Gasteiger partial charge is 0.240 e. The number of nitrogens with zero attached hydrogens (tertiary/aromatic N) is 4. The average molecular weight is 252 g/mol. The van der Waals surface area contributed by atoms with Crippen LogP contribution in [0.2, 0.25) is 0 Å². The van der Waals surface area contributed by atoms with Crippen molar-refractivity contribution in [2.24, 2.45) is 5.92 Å². The average Bonchev–Trinajstić information content (AvgIpc) is 2.74. The van der Waals surface area contributed by atoms with Gasteiger partial charge in [0, 0.05) is 26.2 Å². The Morgan fingerprint density at radius 1 is 1.17 bits per heavy atom. The molecule has 5 heteroatoms. The second kappa shape index (κ2) is 6.29. The lowest BCUT2D eigenvalue weighted by molar-refractivity contribution is 0.113. The minimum Gasteiger partial charge on any atom is -0.338 e.